The predicted octanol–water partition coefficient (Wildman–Crippen LogP) is 1.53. The molecule has 4 rings (SSSR count). The van der Waals surface area contributed by atoms with Crippen LogP contribution in [0.25, 0.3) is 0 Å². The summed E-state index contributed by atoms with van der Waals surface area (Å²) in [6.45, 7) is 4.51. The molecule has 0 aromatic heterocycles. The molecule has 2 saturated carbocycles. The van der Waals surface area contributed by atoms with Gasteiger partial charge >= 0.3 is 0 Å². The van der Waals surface area contributed by atoms with Crippen molar-refractivity contribution in [3.8, 4) is 0 Å². The highest BCUT2D eigenvalue weighted by molar-refractivity contribution is 7.89. The van der Waals surface area contributed by atoms with Gasteiger partial charge in [-0.3, -0.25) is 9.69 Å². The van der Waals surface area contributed by atoms with Crippen molar-refractivity contribution in [1.82, 2.24) is 14.1 Å². The number of amides is 1. The van der Waals surface area contributed by atoms with Crippen LogP contribution in [0.4, 0.5) is 0 Å². The molecule has 2 aliphatic carbocycles. The third-order valence-corrected chi connectivity index (χ3v) is 8.92. The molecule has 2 saturated heterocycles. The van der Waals surface area contributed by atoms with E-state index in [2.05, 4.69) is 4.90 Å². The highest BCUT2D eigenvalue weighted by Gasteiger charge is 2.42. The van der Waals surface area contributed by atoms with Gasteiger partial charge in [-0.05, 0) is 38.0 Å². The quantitative estimate of drug-likeness (QED) is 0.722. The number of hydrogen-bond acceptors (Lipinski definition) is 4. The highest BCUT2D eigenvalue weighted by atomic mass is 32.2. The van der Waals surface area contributed by atoms with E-state index in [1.54, 1.807) is 4.31 Å². The van der Waals surface area contributed by atoms with E-state index in [1.807, 2.05) is 4.90 Å². The van der Waals surface area contributed by atoms with Gasteiger partial charge in [-0.1, -0.05) is 19.3 Å². The monoisotopic (exact) mass is 383 g/mol. The van der Waals surface area contributed by atoms with E-state index in [0.29, 0.717) is 19.0 Å². The summed E-state index contributed by atoms with van der Waals surface area (Å²) in [6.07, 6.45) is 9.41. The Labute approximate surface area is 157 Å². The first-order chi connectivity index (χ1) is 12.5. The fraction of sp³-hybridized carbons (Fsp3) is 0.947. The van der Waals surface area contributed by atoms with Gasteiger partial charge in [-0.15, -0.1) is 0 Å². The Morgan fingerprint density at radius 3 is 2.23 bits per heavy atom. The van der Waals surface area contributed by atoms with E-state index >= 15 is 0 Å². The maximum atomic E-state index is 12.8. The second kappa shape index (κ2) is 7.76. The molecule has 148 valence electrons. The smallest absolute Gasteiger partial charge is 0.228 e. The van der Waals surface area contributed by atoms with Crippen LogP contribution in [0.15, 0.2) is 0 Å². The third kappa shape index (κ3) is 3.94. The van der Waals surface area contributed by atoms with Gasteiger partial charge < -0.3 is 4.90 Å². The Hall–Kier alpha value is -0.660. The number of carbonyl (C=O) groups is 1. The fourth-order valence-corrected chi connectivity index (χ4v) is 6.89. The second-order valence-electron chi connectivity index (χ2n) is 8.74. The molecule has 2 heterocycles. The molecule has 0 bridgehead atoms. The van der Waals surface area contributed by atoms with Crippen molar-refractivity contribution in [3.63, 3.8) is 0 Å². The molecule has 0 spiro atoms. The molecule has 0 unspecified atom stereocenters. The molecule has 0 atom stereocenters. The topological polar surface area (TPSA) is 60.9 Å². The van der Waals surface area contributed by atoms with Gasteiger partial charge in [0.25, 0.3) is 0 Å². The number of rotatable bonds is 5. The number of hydrogen-bond donors (Lipinski definition) is 0. The van der Waals surface area contributed by atoms with Crippen molar-refractivity contribution in [2.75, 3.05) is 45.0 Å². The molecule has 2 aliphatic heterocycles. The molecular formula is C19H33N3O3S. The van der Waals surface area contributed by atoms with Crippen LogP contribution in [-0.2, 0) is 14.8 Å². The lowest BCUT2D eigenvalue weighted by Gasteiger charge is -2.40. The molecule has 4 fully saturated rings. The van der Waals surface area contributed by atoms with Crippen LogP contribution in [-0.4, -0.2) is 79.5 Å². The van der Waals surface area contributed by atoms with E-state index in [-0.39, 0.29) is 17.6 Å². The van der Waals surface area contributed by atoms with E-state index in [4.69, 9.17) is 0 Å². The standard InChI is InChI=1S/C19H33N3O3S/c23-19(21-10-4-9-20(11-12-21)18-7-3-8-18)17-13-22(14-17)26(24,25)15-16-5-1-2-6-16/h16-18H,1-15H2. The molecule has 0 aromatic carbocycles. The summed E-state index contributed by atoms with van der Waals surface area (Å²) in [5.74, 6) is 0.669. The van der Waals surface area contributed by atoms with Crippen LogP contribution in [0.3, 0.4) is 0 Å². The Kier molecular flexibility index (Phi) is 5.58. The zero-order valence-electron chi connectivity index (χ0n) is 15.8. The summed E-state index contributed by atoms with van der Waals surface area (Å²) in [7, 11) is -3.17. The summed E-state index contributed by atoms with van der Waals surface area (Å²) in [5, 5.41) is 0. The Balaban J connectivity index is 1.25. The summed E-state index contributed by atoms with van der Waals surface area (Å²) in [5.41, 5.74) is 0. The van der Waals surface area contributed by atoms with Gasteiger partial charge in [-0.2, -0.15) is 0 Å². The minimum absolute atomic E-state index is 0.122. The average Bonchev–Trinajstić information content (AvgIpc) is 2.86. The summed E-state index contributed by atoms with van der Waals surface area (Å²) in [4.78, 5) is 17.3. The molecule has 0 radical (unpaired) electrons. The van der Waals surface area contributed by atoms with E-state index in [0.717, 1.165) is 64.3 Å². The predicted molar refractivity (Wildman–Crippen MR) is 101 cm³/mol. The fourth-order valence-electron chi connectivity index (χ4n) is 4.93. The largest absolute Gasteiger partial charge is 0.341 e. The minimum atomic E-state index is -3.17. The molecule has 0 aromatic rings. The second-order valence-corrected chi connectivity index (χ2v) is 10.8. The first kappa shape index (κ1) is 18.7. The van der Waals surface area contributed by atoms with Crippen molar-refractivity contribution in [3.05, 3.63) is 0 Å². The van der Waals surface area contributed by atoms with Gasteiger partial charge in [-0.25, -0.2) is 12.7 Å². The number of nitrogens with zero attached hydrogens (tertiary/aromatic N) is 3. The minimum Gasteiger partial charge on any atom is -0.341 e. The highest BCUT2D eigenvalue weighted by Crippen LogP contribution is 2.30. The molecule has 1 amide bonds. The Bertz CT molecular complexity index is 608. The van der Waals surface area contributed by atoms with Crippen LogP contribution in [0.1, 0.15) is 51.4 Å². The van der Waals surface area contributed by atoms with Crippen LogP contribution >= 0.6 is 0 Å². The zero-order valence-corrected chi connectivity index (χ0v) is 16.6. The van der Waals surface area contributed by atoms with E-state index in [1.165, 1.54) is 19.3 Å². The Morgan fingerprint density at radius 2 is 1.58 bits per heavy atom. The molecular weight excluding hydrogens is 350 g/mol. The average molecular weight is 384 g/mol. The van der Waals surface area contributed by atoms with E-state index < -0.39 is 10.0 Å². The molecule has 6 nitrogen and oxygen atoms in total. The molecule has 0 N–H and O–H groups in total. The van der Waals surface area contributed by atoms with Crippen molar-refractivity contribution in [1.29, 1.82) is 0 Å². The summed E-state index contributed by atoms with van der Waals surface area (Å²) in [6, 6.07) is 0.741. The van der Waals surface area contributed by atoms with Crippen molar-refractivity contribution < 1.29 is 13.2 Å². The van der Waals surface area contributed by atoms with Crippen molar-refractivity contribution in [2.24, 2.45) is 11.8 Å². The van der Waals surface area contributed by atoms with Crippen molar-refractivity contribution in [2.45, 2.75) is 57.4 Å². The molecule has 26 heavy (non-hydrogen) atoms. The van der Waals surface area contributed by atoms with Crippen LogP contribution < -0.4 is 0 Å². The van der Waals surface area contributed by atoms with E-state index in [9.17, 15) is 13.2 Å². The molecule has 7 heteroatoms. The normalized spacial score (nSPS) is 27.9. The summed E-state index contributed by atoms with van der Waals surface area (Å²) < 4.78 is 26.6. The van der Waals surface area contributed by atoms with Crippen LogP contribution in [0.5, 0.6) is 0 Å². The zero-order chi connectivity index (χ0) is 18.1. The molecule has 4 aliphatic rings. The SMILES string of the molecule is O=C(C1CN(S(=O)(=O)CC2CCCC2)C1)N1CCCN(C2CCC2)CC1. The Morgan fingerprint density at radius 1 is 0.846 bits per heavy atom. The lowest BCUT2D eigenvalue weighted by atomic mass is 9.91. The lowest BCUT2D eigenvalue weighted by Crippen LogP contribution is -2.57. The lowest BCUT2D eigenvalue weighted by molar-refractivity contribution is -0.138. The van der Waals surface area contributed by atoms with Gasteiger partial charge in [0.15, 0.2) is 0 Å². The number of sulfonamides is 1. The third-order valence-electron chi connectivity index (χ3n) is 6.94. The first-order valence-corrected chi connectivity index (χ1v) is 12.1. The van der Waals surface area contributed by atoms with Crippen molar-refractivity contribution >= 4 is 15.9 Å². The van der Waals surface area contributed by atoms with Gasteiger partial charge in [0.2, 0.25) is 15.9 Å². The van der Waals surface area contributed by atoms with Gasteiger partial charge in [0.05, 0.1) is 11.7 Å². The summed E-state index contributed by atoms with van der Waals surface area (Å²) >= 11 is 0. The van der Waals surface area contributed by atoms with Crippen LogP contribution in [0.2, 0.25) is 0 Å². The number of carbonyl (C=O) groups excluding carboxylic acids is 1. The van der Waals surface area contributed by atoms with Gasteiger partial charge in [0.1, 0.15) is 0 Å². The first-order valence-electron chi connectivity index (χ1n) is 10.5. The van der Waals surface area contributed by atoms with Gasteiger partial charge in [0, 0.05) is 45.3 Å². The maximum absolute atomic E-state index is 12.8. The maximum Gasteiger partial charge on any atom is 0.228 e. The van der Waals surface area contributed by atoms with Crippen LogP contribution in [0, 0.1) is 11.8 Å².